The van der Waals surface area contributed by atoms with Crippen molar-refractivity contribution in [3.63, 3.8) is 0 Å². The number of hydrogen-bond donors (Lipinski definition) is 1. The molecule has 0 aliphatic carbocycles. The maximum atomic E-state index is 12.7. The highest BCUT2D eigenvalue weighted by Gasteiger charge is 2.29. The lowest BCUT2D eigenvalue weighted by molar-refractivity contribution is -0.137. The molecule has 0 saturated carbocycles. The number of carbonyl (C=O) groups excluding carboxylic acids is 1. The zero-order valence-corrected chi connectivity index (χ0v) is 21.8. The Hall–Kier alpha value is -3.92. The Morgan fingerprint density at radius 3 is 2.16 bits per heavy atom. The standard InChI is InChI=1S/C28H26F3N5OS/c1-27(2,3)21-15-11-20(12-16-21)25-34-35-26(36(25)23-7-5-4-6-8-23)38-18-24(37)33-32-17-19-9-13-22(14-10-19)28(29,30)31/h4-17H,18H2,1-3H3,(H,33,37). The van der Waals surface area contributed by atoms with Crippen molar-refractivity contribution in [2.45, 2.75) is 37.5 Å². The Morgan fingerprint density at radius 2 is 1.55 bits per heavy atom. The van der Waals surface area contributed by atoms with E-state index in [-0.39, 0.29) is 11.2 Å². The van der Waals surface area contributed by atoms with Crippen LogP contribution in [0.5, 0.6) is 0 Å². The Labute approximate surface area is 223 Å². The van der Waals surface area contributed by atoms with Gasteiger partial charge in [0.15, 0.2) is 11.0 Å². The predicted molar refractivity (Wildman–Crippen MR) is 143 cm³/mol. The predicted octanol–water partition coefficient (Wildman–Crippen LogP) is 6.49. The summed E-state index contributed by atoms with van der Waals surface area (Å²) in [6, 6.07) is 22.3. The number of aromatic nitrogens is 3. The Kier molecular flexibility index (Phi) is 8.01. The number of amides is 1. The van der Waals surface area contributed by atoms with Gasteiger partial charge in [-0.25, -0.2) is 5.43 Å². The molecule has 0 fully saturated rings. The summed E-state index contributed by atoms with van der Waals surface area (Å²) in [6.07, 6.45) is -3.12. The second kappa shape index (κ2) is 11.2. The first kappa shape index (κ1) is 27.1. The number of rotatable bonds is 7. The molecule has 1 aromatic heterocycles. The molecule has 196 valence electrons. The summed E-state index contributed by atoms with van der Waals surface area (Å²) >= 11 is 1.20. The minimum Gasteiger partial charge on any atom is -0.272 e. The molecule has 0 aliphatic rings. The van der Waals surface area contributed by atoms with Gasteiger partial charge in [0.2, 0.25) is 0 Å². The molecule has 0 saturated heterocycles. The summed E-state index contributed by atoms with van der Waals surface area (Å²) in [4.78, 5) is 12.4. The first-order valence-corrected chi connectivity index (χ1v) is 12.7. The molecule has 0 aliphatic heterocycles. The minimum absolute atomic E-state index is 0.0122. The highest BCUT2D eigenvalue weighted by Crippen LogP contribution is 2.30. The van der Waals surface area contributed by atoms with E-state index < -0.39 is 17.6 Å². The second-order valence-corrected chi connectivity index (χ2v) is 10.4. The molecular weight excluding hydrogens is 511 g/mol. The zero-order valence-electron chi connectivity index (χ0n) is 21.0. The van der Waals surface area contributed by atoms with E-state index in [1.165, 1.54) is 35.7 Å². The Bertz CT molecular complexity index is 1410. The third kappa shape index (κ3) is 6.69. The molecule has 4 aromatic rings. The Morgan fingerprint density at radius 1 is 0.921 bits per heavy atom. The maximum Gasteiger partial charge on any atom is 0.416 e. The van der Waals surface area contributed by atoms with Crippen molar-refractivity contribution in [3.8, 4) is 17.1 Å². The van der Waals surface area contributed by atoms with E-state index in [1.807, 2.05) is 47.0 Å². The van der Waals surface area contributed by atoms with E-state index in [0.29, 0.717) is 16.5 Å². The van der Waals surface area contributed by atoms with Gasteiger partial charge in [0, 0.05) is 11.3 Å². The summed E-state index contributed by atoms with van der Waals surface area (Å²) in [5.74, 6) is 0.273. The van der Waals surface area contributed by atoms with Gasteiger partial charge in [-0.15, -0.1) is 10.2 Å². The van der Waals surface area contributed by atoms with Crippen molar-refractivity contribution in [1.29, 1.82) is 0 Å². The topological polar surface area (TPSA) is 72.2 Å². The van der Waals surface area contributed by atoms with Crippen LogP contribution in [-0.4, -0.2) is 32.6 Å². The molecule has 3 aromatic carbocycles. The number of carbonyl (C=O) groups is 1. The van der Waals surface area contributed by atoms with Gasteiger partial charge in [-0.1, -0.05) is 87.1 Å². The lowest BCUT2D eigenvalue weighted by Gasteiger charge is -2.19. The molecule has 0 bridgehead atoms. The molecule has 0 spiro atoms. The number of thioether (sulfide) groups is 1. The van der Waals surface area contributed by atoms with E-state index >= 15 is 0 Å². The number of nitrogens with one attached hydrogen (secondary N) is 1. The average molecular weight is 538 g/mol. The zero-order chi connectivity index (χ0) is 27.3. The third-order valence-corrected chi connectivity index (χ3v) is 6.56. The van der Waals surface area contributed by atoms with Crippen LogP contribution in [0.4, 0.5) is 13.2 Å². The number of halogens is 3. The van der Waals surface area contributed by atoms with Gasteiger partial charge < -0.3 is 0 Å². The quantitative estimate of drug-likeness (QED) is 0.166. The molecule has 1 heterocycles. The van der Waals surface area contributed by atoms with Gasteiger partial charge in [-0.2, -0.15) is 18.3 Å². The SMILES string of the molecule is CC(C)(C)c1ccc(-c2nnc(SCC(=O)NN=Cc3ccc(C(F)(F)F)cc3)n2-c2ccccc2)cc1. The van der Waals surface area contributed by atoms with E-state index in [0.717, 1.165) is 23.4 Å². The van der Waals surface area contributed by atoms with Crippen LogP contribution in [0.3, 0.4) is 0 Å². The van der Waals surface area contributed by atoms with Crippen LogP contribution in [0.25, 0.3) is 17.1 Å². The summed E-state index contributed by atoms with van der Waals surface area (Å²) in [5.41, 5.74) is 5.05. The molecule has 1 amide bonds. The van der Waals surface area contributed by atoms with E-state index in [2.05, 4.69) is 53.6 Å². The monoisotopic (exact) mass is 537 g/mol. The molecular formula is C28H26F3N5OS. The number of nitrogens with zero attached hydrogens (tertiary/aromatic N) is 4. The molecule has 1 N–H and O–H groups in total. The fourth-order valence-corrected chi connectivity index (χ4v) is 4.32. The van der Waals surface area contributed by atoms with Crippen LogP contribution < -0.4 is 5.43 Å². The maximum absolute atomic E-state index is 12.7. The van der Waals surface area contributed by atoms with Crippen molar-refractivity contribution < 1.29 is 18.0 Å². The summed E-state index contributed by atoms with van der Waals surface area (Å²) in [5, 5.41) is 13.1. The van der Waals surface area contributed by atoms with E-state index in [1.54, 1.807) is 0 Å². The van der Waals surface area contributed by atoms with Crippen molar-refractivity contribution in [1.82, 2.24) is 20.2 Å². The molecule has 0 unspecified atom stereocenters. The van der Waals surface area contributed by atoms with Gasteiger partial charge in [0.25, 0.3) is 5.91 Å². The molecule has 10 heteroatoms. The van der Waals surface area contributed by atoms with Crippen molar-refractivity contribution >= 4 is 23.9 Å². The molecule has 4 rings (SSSR count). The third-order valence-electron chi connectivity index (χ3n) is 5.63. The van der Waals surface area contributed by atoms with Crippen molar-refractivity contribution in [2.75, 3.05) is 5.75 Å². The van der Waals surface area contributed by atoms with Crippen LogP contribution in [0, 0.1) is 0 Å². The van der Waals surface area contributed by atoms with Crippen LogP contribution in [0.2, 0.25) is 0 Å². The van der Waals surface area contributed by atoms with Gasteiger partial charge in [0.1, 0.15) is 0 Å². The van der Waals surface area contributed by atoms with Crippen molar-refractivity contribution in [3.05, 3.63) is 95.6 Å². The number of benzene rings is 3. The van der Waals surface area contributed by atoms with Crippen LogP contribution in [-0.2, 0) is 16.4 Å². The van der Waals surface area contributed by atoms with E-state index in [9.17, 15) is 18.0 Å². The van der Waals surface area contributed by atoms with Gasteiger partial charge in [0.05, 0.1) is 17.5 Å². The summed E-state index contributed by atoms with van der Waals surface area (Å²) < 4.78 is 40.0. The largest absolute Gasteiger partial charge is 0.416 e. The fourth-order valence-electron chi connectivity index (χ4n) is 3.58. The summed E-state index contributed by atoms with van der Waals surface area (Å²) in [6.45, 7) is 6.46. The highest BCUT2D eigenvalue weighted by atomic mass is 32.2. The first-order valence-electron chi connectivity index (χ1n) is 11.8. The van der Waals surface area contributed by atoms with Crippen LogP contribution in [0.15, 0.2) is 89.1 Å². The number of hydrogen-bond acceptors (Lipinski definition) is 5. The smallest absolute Gasteiger partial charge is 0.272 e. The number of hydrazone groups is 1. The summed E-state index contributed by atoms with van der Waals surface area (Å²) in [7, 11) is 0. The molecule has 6 nitrogen and oxygen atoms in total. The lowest BCUT2D eigenvalue weighted by atomic mass is 9.87. The molecule has 38 heavy (non-hydrogen) atoms. The van der Waals surface area contributed by atoms with Crippen LogP contribution >= 0.6 is 11.8 Å². The molecule has 0 atom stereocenters. The van der Waals surface area contributed by atoms with Gasteiger partial charge >= 0.3 is 6.18 Å². The van der Waals surface area contributed by atoms with Gasteiger partial charge in [-0.05, 0) is 40.8 Å². The number of para-hydroxylation sites is 1. The highest BCUT2D eigenvalue weighted by molar-refractivity contribution is 7.99. The van der Waals surface area contributed by atoms with Crippen molar-refractivity contribution in [2.24, 2.45) is 5.10 Å². The normalized spacial score (nSPS) is 12.2. The number of alkyl halides is 3. The van der Waals surface area contributed by atoms with Crippen LogP contribution in [0.1, 0.15) is 37.5 Å². The molecule has 0 radical (unpaired) electrons. The van der Waals surface area contributed by atoms with E-state index in [4.69, 9.17) is 0 Å². The first-order chi connectivity index (χ1) is 18.0. The Balaban J connectivity index is 1.47. The fraction of sp³-hybridized carbons (Fsp3) is 0.214. The van der Waals surface area contributed by atoms with Gasteiger partial charge in [-0.3, -0.25) is 9.36 Å². The lowest BCUT2D eigenvalue weighted by Crippen LogP contribution is -2.20. The average Bonchev–Trinajstić information content (AvgIpc) is 3.31. The minimum atomic E-state index is -4.41. The second-order valence-electron chi connectivity index (χ2n) is 9.51.